The highest BCUT2D eigenvalue weighted by Gasteiger charge is 2.22. The molecule has 0 aliphatic carbocycles. The summed E-state index contributed by atoms with van der Waals surface area (Å²) in [7, 11) is 0. The first kappa shape index (κ1) is 12.2. The van der Waals surface area contributed by atoms with Crippen molar-refractivity contribution in [1.82, 2.24) is 5.32 Å². The molecule has 2 heterocycles. The van der Waals surface area contributed by atoms with Gasteiger partial charge in [-0.2, -0.15) is 0 Å². The maximum atomic E-state index is 13.1. The maximum absolute atomic E-state index is 13.1. The third-order valence-corrected chi connectivity index (χ3v) is 3.23. The van der Waals surface area contributed by atoms with Gasteiger partial charge in [-0.05, 0) is 37.3 Å². The van der Waals surface area contributed by atoms with Crippen molar-refractivity contribution < 1.29 is 13.5 Å². The Bertz CT molecular complexity index is 579. The summed E-state index contributed by atoms with van der Waals surface area (Å²) >= 11 is 0. The summed E-state index contributed by atoms with van der Waals surface area (Å²) in [5.74, 6) is 2.42. The predicted octanol–water partition coefficient (Wildman–Crippen LogP) is 2.82. The molecule has 1 aromatic carbocycles. The van der Waals surface area contributed by atoms with Crippen LogP contribution in [0.3, 0.4) is 0 Å². The maximum Gasteiger partial charge on any atom is 0.123 e. The minimum atomic E-state index is -0.206. The van der Waals surface area contributed by atoms with Gasteiger partial charge in [0.2, 0.25) is 0 Å². The molecule has 3 nitrogen and oxygen atoms in total. The van der Waals surface area contributed by atoms with Crippen LogP contribution >= 0.6 is 0 Å². The second-order valence-electron chi connectivity index (χ2n) is 4.84. The Labute approximate surface area is 111 Å². The van der Waals surface area contributed by atoms with Crippen molar-refractivity contribution >= 4 is 0 Å². The Morgan fingerprint density at radius 2 is 2.21 bits per heavy atom. The first-order valence-corrected chi connectivity index (χ1v) is 6.42. The fraction of sp³-hybridized carbons (Fsp3) is 0.333. The summed E-state index contributed by atoms with van der Waals surface area (Å²) in [6, 6.07) is 8.58. The number of benzene rings is 1. The highest BCUT2D eigenvalue weighted by molar-refractivity contribution is 5.37. The fourth-order valence-corrected chi connectivity index (χ4v) is 2.34. The number of ether oxygens (including phenoxy) is 1. The molecule has 3 rings (SSSR count). The second kappa shape index (κ2) is 5.05. The molecule has 0 amide bonds. The molecule has 1 aliphatic heterocycles. The highest BCUT2D eigenvalue weighted by Crippen LogP contribution is 2.28. The van der Waals surface area contributed by atoms with E-state index in [2.05, 4.69) is 5.32 Å². The third-order valence-electron chi connectivity index (χ3n) is 3.23. The fourth-order valence-electron chi connectivity index (χ4n) is 2.34. The van der Waals surface area contributed by atoms with E-state index in [-0.39, 0.29) is 11.9 Å². The standard InChI is InChI=1S/C15H16FNO2/c1-10-2-4-13(18-10)8-17-9-14-7-11-6-12(16)3-5-15(11)19-14/h2-6,14,17H,7-9H2,1H3. The lowest BCUT2D eigenvalue weighted by molar-refractivity contribution is 0.225. The average molecular weight is 261 g/mol. The molecule has 0 saturated carbocycles. The zero-order chi connectivity index (χ0) is 13.2. The van der Waals surface area contributed by atoms with Crippen LogP contribution in [-0.4, -0.2) is 12.6 Å². The lowest BCUT2D eigenvalue weighted by Crippen LogP contribution is -2.29. The first-order valence-electron chi connectivity index (χ1n) is 6.42. The van der Waals surface area contributed by atoms with Crippen molar-refractivity contribution in [2.24, 2.45) is 0 Å². The van der Waals surface area contributed by atoms with Gasteiger partial charge in [-0.1, -0.05) is 0 Å². The molecule has 19 heavy (non-hydrogen) atoms. The lowest BCUT2D eigenvalue weighted by Gasteiger charge is -2.10. The molecular formula is C15H16FNO2. The van der Waals surface area contributed by atoms with E-state index in [1.807, 2.05) is 19.1 Å². The van der Waals surface area contributed by atoms with Gasteiger partial charge in [-0.25, -0.2) is 4.39 Å². The summed E-state index contributed by atoms with van der Waals surface area (Å²) in [5.41, 5.74) is 0.945. The summed E-state index contributed by atoms with van der Waals surface area (Å²) < 4.78 is 24.3. The van der Waals surface area contributed by atoms with Gasteiger partial charge in [0.15, 0.2) is 0 Å². The number of fused-ring (bicyclic) bond motifs is 1. The minimum Gasteiger partial charge on any atom is -0.488 e. The van der Waals surface area contributed by atoms with Crippen LogP contribution < -0.4 is 10.1 Å². The summed E-state index contributed by atoms with van der Waals surface area (Å²) in [6.07, 6.45) is 0.810. The molecule has 4 heteroatoms. The molecule has 2 aromatic rings. The Balaban J connectivity index is 1.51. The van der Waals surface area contributed by atoms with Crippen molar-refractivity contribution in [1.29, 1.82) is 0 Å². The molecule has 1 aromatic heterocycles. The van der Waals surface area contributed by atoms with Crippen LogP contribution in [0.1, 0.15) is 17.1 Å². The number of aryl methyl sites for hydroxylation is 1. The monoisotopic (exact) mass is 261 g/mol. The molecule has 100 valence electrons. The van der Waals surface area contributed by atoms with E-state index in [0.29, 0.717) is 6.54 Å². The largest absolute Gasteiger partial charge is 0.488 e. The molecule has 1 N–H and O–H groups in total. The number of rotatable bonds is 4. The van der Waals surface area contributed by atoms with Crippen molar-refractivity contribution in [2.45, 2.75) is 26.0 Å². The SMILES string of the molecule is Cc1ccc(CNCC2Cc3cc(F)ccc3O2)o1. The van der Waals surface area contributed by atoms with Gasteiger partial charge in [0.05, 0.1) is 6.54 Å². The Hall–Kier alpha value is -1.81. The van der Waals surface area contributed by atoms with E-state index < -0.39 is 0 Å². The van der Waals surface area contributed by atoms with Crippen molar-refractivity contribution in [3.63, 3.8) is 0 Å². The molecular weight excluding hydrogens is 245 g/mol. The quantitative estimate of drug-likeness (QED) is 0.919. The number of furan rings is 1. The zero-order valence-electron chi connectivity index (χ0n) is 10.8. The predicted molar refractivity (Wildman–Crippen MR) is 69.7 cm³/mol. The van der Waals surface area contributed by atoms with Gasteiger partial charge < -0.3 is 14.5 Å². The number of nitrogens with one attached hydrogen (secondary N) is 1. The van der Waals surface area contributed by atoms with E-state index in [1.165, 1.54) is 6.07 Å². The molecule has 0 spiro atoms. The molecule has 0 saturated heterocycles. The lowest BCUT2D eigenvalue weighted by atomic mass is 10.1. The van der Waals surface area contributed by atoms with E-state index >= 15 is 0 Å². The topological polar surface area (TPSA) is 34.4 Å². The van der Waals surface area contributed by atoms with Crippen LogP contribution in [0.2, 0.25) is 0 Å². The van der Waals surface area contributed by atoms with Crippen molar-refractivity contribution in [2.75, 3.05) is 6.54 Å². The van der Waals surface area contributed by atoms with Gasteiger partial charge in [0.25, 0.3) is 0 Å². The Morgan fingerprint density at radius 1 is 1.32 bits per heavy atom. The van der Waals surface area contributed by atoms with Crippen LogP contribution in [-0.2, 0) is 13.0 Å². The molecule has 1 unspecified atom stereocenters. The van der Waals surface area contributed by atoms with Crippen LogP contribution in [0.25, 0.3) is 0 Å². The van der Waals surface area contributed by atoms with E-state index in [9.17, 15) is 4.39 Å². The summed E-state index contributed by atoms with van der Waals surface area (Å²) in [5, 5.41) is 3.29. The van der Waals surface area contributed by atoms with Gasteiger partial charge in [0, 0.05) is 18.5 Å². The highest BCUT2D eigenvalue weighted by atomic mass is 19.1. The van der Waals surface area contributed by atoms with Gasteiger partial charge >= 0.3 is 0 Å². The van der Waals surface area contributed by atoms with Crippen LogP contribution in [0, 0.1) is 12.7 Å². The molecule has 0 fully saturated rings. The van der Waals surface area contributed by atoms with Crippen molar-refractivity contribution in [3.05, 3.63) is 53.2 Å². The average Bonchev–Trinajstić information content (AvgIpc) is 2.95. The second-order valence-corrected chi connectivity index (χ2v) is 4.84. The normalized spacial score (nSPS) is 17.3. The number of halogens is 1. The third kappa shape index (κ3) is 2.79. The van der Waals surface area contributed by atoms with E-state index in [4.69, 9.17) is 9.15 Å². The van der Waals surface area contributed by atoms with Gasteiger partial charge in [-0.3, -0.25) is 0 Å². The minimum absolute atomic E-state index is 0.0628. The summed E-state index contributed by atoms with van der Waals surface area (Å²) in [6.45, 7) is 3.32. The first-order chi connectivity index (χ1) is 9.20. The smallest absolute Gasteiger partial charge is 0.123 e. The van der Waals surface area contributed by atoms with Gasteiger partial charge in [0.1, 0.15) is 29.2 Å². The molecule has 0 radical (unpaired) electrons. The Kier molecular flexibility index (Phi) is 3.25. The molecule has 0 bridgehead atoms. The molecule has 1 aliphatic rings. The van der Waals surface area contributed by atoms with Crippen molar-refractivity contribution in [3.8, 4) is 5.75 Å². The zero-order valence-corrected chi connectivity index (χ0v) is 10.8. The Morgan fingerprint density at radius 3 is 3.00 bits per heavy atom. The van der Waals surface area contributed by atoms with Crippen LogP contribution in [0.15, 0.2) is 34.7 Å². The van der Waals surface area contributed by atoms with Crippen LogP contribution in [0.5, 0.6) is 5.75 Å². The number of hydrogen-bond donors (Lipinski definition) is 1. The molecule has 1 atom stereocenters. The number of hydrogen-bond acceptors (Lipinski definition) is 3. The summed E-state index contributed by atoms with van der Waals surface area (Å²) in [4.78, 5) is 0. The van der Waals surface area contributed by atoms with E-state index in [1.54, 1.807) is 12.1 Å². The van der Waals surface area contributed by atoms with E-state index in [0.717, 1.165) is 35.8 Å². The van der Waals surface area contributed by atoms with Crippen LogP contribution in [0.4, 0.5) is 4.39 Å². The van der Waals surface area contributed by atoms with Gasteiger partial charge in [-0.15, -0.1) is 0 Å².